The number of pyridine rings is 1. The van der Waals surface area contributed by atoms with E-state index in [9.17, 15) is 9.59 Å². The normalized spacial score (nSPS) is 21.3. The van der Waals surface area contributed by atoms with E-state index in [4.69, 9.17) is 0 Å². The van der Waals surface area contributed by atoms with Crippen molar-refractivity contribution in [2.75, 3.05) is 0 Å². The highest BCUT2D eigenvalue weighted by Crippen LogP contribution is 2.30. The number of imide groups is 1. The van der Waals surface area contributed by atoms with Crippen LogP contribution in [-0.2, 0) is 16.9 Å². The van der Waals surface area contributed by atoms with Crippen LogP contribution in [0.5, 0.6) is 0 Å². The molecule has 0 unspecified atom stereocenters. The van der Waals surface area contributed by atoms with Crippen molar-refractivity contribution in [2.24, 2.45) is 0 Å². The molecule has 0 spiro atoms. The minimum absolute atomic E-state index is 0.248. The van der Waals surface area contributed by atoms with Crippen molar-refractivity contribution < 1.29 is 9.59 Å². The number of carbonyl (C=O) groups excluding carboxylic acids is 2. The molecule has 2 aromatic heterocycles. The lowest BCUT2D eigenvalue weighted by molar-refractivity contribution is -0.131. The molecule has 0 saturated carbocycles. The van der Waals surface area contributed by atoms with Gasteiger partial charge >= 0.3 is 6.03 Å². The number of thiazole rings is 1. The Bertz CT molecular complexity index is 743. The lowest BCUT2D eigenvalue weighted by Crippen LogP contribution is -2.40. The van der Waals surface area contributed by atoms with E-state index in [1.54, 1.807) is 31.5 Å². The summed E-state index contributed by atoms with van der Waals surface area (Å²) in [7, 11) is 0. The maximum absolute atomic E-state index is 12.8. The van der Waals surface area contributed by atoms with Gasteiger partial charge in [-0.25, -0.2) is 9.78 Å². The summed E-state index contributed by atoms with van der Waals surface area (Å²) in [6.45, 7) is 5.75. The lowest BCUT2D eigenvalue weighted by atomic mass is 9.93. The lowest BCUT2D eigenvalue weighted by Gasteiger charge is -2.21. The van der Waals surface area contributed by atoms with Crippen LogP contribution in [-0.4, -0.2) is 26.8 Å². The topological polar surface area (TPSA) is 75.2 Å². The summed E-state index contributed by atoms with van der Waals surface area (Å²) in [4.78, 5) is 35.6. The van der Waals surface area contributed by atoms with Crippen LogP contribution < -0.4 is 5.32 Å². The maximum atomic E-state index is 12.8. The molecule has 7 heteroatoms. The first-order valence-corrected chi connectivity index (χ1v) is 7.71. The zero-order valence-electron chi connectivity index (χ0n) is 12.6. The minimum atomic E-state index is -1.07. The third-order valence-corrected chi connectivity index (χ3v) is 4.87. The fraction of sp³-hybridized carbons (Fsp3) is 0.333. The van der Waals surface area contributed by atoms with Crippen molar-refractivity contribution in [2.45, 2.75) is 32.9 Å². The Hall–Kier alpha value is -2.28. The summed E-state index contributed by atoms with van der Waals surface area (Å²) in [5.74, 6) is -0.268. The molecule has 0 radical (unpaired) electrons. The summed E-state index contributed by atoms with van der Waals surface area (Å²) >= 11 is 1.50. The number of aryl methyl sites for hydroxylation is 2. The van der Waals surface area contributed by atoms with Gasteiger partial charge in [-0.3, -0.25) is 14.7 Å². The molecule has 3 heterocycles. The van der Waals surface area contributed by atoms with Gasteiger partial charge in [0.05, 0.1) is 17.2 Å². The van der Waals surface area contributed by atoms with Gasteiger partial charge in [-0.2, -0.15) is 0 Å². The van der Waals surface area contributed by atoms with E-state index in [1.165, 1.54) is 16.2 Å². The van der Waals surface area contributed by atoms with Crippen molar-refractivity contribution in [3.05, 3.63) is 45.7 Å². The van der Waals surface area contributed by atoms with Crippen molar-refractivity contribution in [1.82, 2.24) is 20.2 Å². The summed E-state index contributed by atoms with van der Waals surface area (Å²) in [6, 6.07) is 3.15. The number of rotatable bonds is 3. The number of urea groups is 1. The largest absolute Gasteiger partial charge is 0.325 e. The third-order valence-electron chi connectivity index (χ3n) is 3.82. The summed E-state index contributed by atoms with van der Waals surface area (Å²) in [5, 5.41) is 3.70. The molecule has 1 atom stereocenters. The first-order valence-electron chi connectivity index (χ1n) is 6.89. The smallest absolute Gasteiger partial charge is 0.319 e. The second-order valence-corrected chi connectivity index (χ2v) is 6.72. The zero-order valence-corrected chi connectivity index (χ0v) is 13.4. The van der Waals surface area contributed by atoms with E-state index in [1.807, 2.05) is 13.8 Å². The molecule has 0 aromatic carbocycles. The van der Waals surface area contributed by atoms with Crippen molar-refractivity contribution >= 4 is 23.3 Å². The second kappa shape index (κ2) is 5.17. The van der Waals surface area contributed by atoms with Crippen LogP contribution in [0, 0.1) is 13.8 Å². The van der Waals surface area contributed by atoms with E-state index < -0.39 is 5.54 Å². The molecule has 1 aliphatic rings. The molecule has 1 fully saturated rings. The van der Waals surface area contributed by atoms with Gasteiger partial charge in [-0.1, -0.05) is 6.07 Å². The molecular formula is C15H16N4O2S. The maximum Gasteiger partial charge on any atom is 0.325 e. The van der Waals surface area contributed by atoms with E-state index in [0.717, 1.165) is 15.6 Å². The molecule has 0 aliphatic carbocycles. The molecule has 0 bridgehead atoms. The third kappa shape index (κ3) is 2.27. The van der Waals surface area contributed by atoms with Crippen LogP contribution in [0.25, 0.3) is 0 Å². The average molecular weight is 316 g/mol. The second-order valence-electron chi connectivity index (χ2n) is 5.43. The van der Waals surface area contributed by atoms with Crippen molar-refractivity contribution in [1.29, 1.82) is 0 Å². The van der Waals surface area contributed by atoms with Gasteiger partial charge in [0.25, 0.3) is 5.91 Å². The average Bonchev–Trinajstić information content (AvgIpc) is 2.92. The number of nitrogens with one attached hydrogen (secondary N) is 1. The van der Waals surface area contributed by atoms with Crippen molar-refractivity contribution in [3.63, 3.8) is 0 Å². The predicted molar refractivity (Wildman–Crippen MR) is 82.3 cm³/mol. The van der Waals surface area contributed by atoms with Gasteiger partial charge in [0.1, 0.15) is 5.54 Å². The summed E-state index contributed by atoms with van der Waals surface area (Å²) < 4.78 is 0. The number of hydrogen-bond acceptors (Lipinski definition) is 5. The number of amides is 3. The van der Waals surface area contributed by atoms with Crippen LogP contribution in [0.15, 0.2) is 24.5 Å². The highest BCUT2D eigenvalue weighted by atomic mass is 32.1. The molecule has 3 rings (SSSR count). The molecule has 6 nitrogen and oxygen atoms in total. The fourth-order valence-electron chi connectivity index (χ4n) is 2.56. The van der Waals surface area contributed by atoms with Crippen LogP contribution in [0.3, 0.4) is 0 Å². The van der Waals surface area contributed by atoms with E-state index >= 15 is 0 Å². The number of aromatic nitrogens is 2. The van der Waals surface area contributed by atoms with E-state index in [-0.39, 0.29) is 18.5 Å². The van der Waals surface area contributed by atoms with E-state index in [2.05, 4.69) is 15.3 Å². The zero-order chi connectivity index (χ0) is 15.9. The first kappa shape index (κ1) is 14.6. The van der Waals surface area contributed by atoms with Crippen LogP contribution in [0.4, 0.5) is 4.79 Å². The van der Waals surface area contributed by atoms with Gasteiger partial charge in [0.15, 0.2) is 0 Å². The molecule has 2 aromatic rings. The Labute approximate surface area is 132 Å². The SMILES string of the molecule is Cc1nc(C)c(CN2C(=O)N[C@@](C)(c3cccnc3)C2=O)s1. The van der Waals surface area contributed by atoms with Gasteiger partial charge in [-0.15, -0.1) is 11.3 Å². The quantitative estimate of drug-likeness (QED) is 0.880. The van der Waals surface area contributed by atoms with Gasteiger partial charge in [-0.05, 0) is 26.8 Å². The number of hydrogen-bond donors (Lipinski definition) is 1. The Morgan fingerprint density at radius 3 is 2.73 bits per heavy atom. The highest BCUT2D eigenvalue weighted by molar-refractivity contribution is 7.11. The first-order chi connectivity index (χ1) is 10.4. The molecule has 22 heavy (non-hydrogen) atoms. The van der Waals surface area contributed by atoms with Crippen molar-refractivity contribution in [3.8, 4) is 0 Å². The van der Waals surface area contributed by atoms with Crippen LogP contribution in [0.2, 0.25) is 0 Å². The monoisotopic (exact) mass is 316 g/mol. The summed E-state index contributed by atoms with van der Waals surface area (Å²) in [6.07, 6.45) is 3.24. The Balaban J connectivity index is 1.90. The summed E-state index contributed by atoms with van der Waals surface area (Å²) in [5.41, 5.74) is 0.463. The van der Waals surface area contributed by atoms with Crippen LogP contribution in [0.1, 0.15) is 28.1 Å². The number of nitrogens with zero attached hydrogens (tertiary/aromatic N) is 3. The molecule has 3 amide bonds. The Morgan fingerprint density at radius 1 is 1.36 bits per heavy atom. The van der Waals surface area contributed by atoms with Gasteiger partial charge < -0.3 is 5.32 Å². The number of carbonyl (C=O) groups is 2. The molecule has 114 valence electrons. The van der Waals surface area contributed by atoms with Gasteiger partial charge in [0.2, 0.25) is 0 Å². The molecule has 1 saturated heterocycles. The Kier molecular flexibility index (Phi) is 3.44. The molecular weight excluding hydrogens is 300 g/mol. The minimum Gasteiger partial charge on any atom is -0.319 e. The molecule has 1 aliphatic heterocycles. The van der Waals surface area contributed by atoms with Crippen LogP contribution >= 0.6 is 11.3 Å². The highest BCUT2D eigenvalue weighted by Gasteiger charge is 2.49. The van der Waals surface area contributed by atoms with Gasteiger partial charge in [0, 0.05) is 22.8 Å². The standard InChI is InChI=1S/C15H16N4O2S/c1-9-12(22-10(2)17-9)8-19-13(20)15(3,18-14(19)21)11-5-4-6-16-7-11/h4-7H,8H2,1-3H3,(H,18,21)/t15-/m0/s1. The Morgan fingerprint density at radius 2 is 2.14 bits per heavy atom. The van der Waals surface area contributed by atoms with E-state index in [0.29, 0.717) is 5.56 Å². The predicted octanol–water partition coefficient (Wildman–Crippen LogP) is 2.12. The fourth-order valence-corrected chi connectivity index (χ4v) is 3.48. The molecule has 1 N–H and O–H groups in total.